The monoisotopic (exact) mass is 696 g/mol. The molecule has 4 N–H and O–H groups in total. The summed E-state index contributed by atoms with van der Waals surface area (Å²) in [5, 5.41) is 15.9. The number of thioether (sulfide) groups is 2. The molecular formula is C40H68N6S2. The van der Waals surface area contributed by atoms with Crippen LogP contribution in [-0.4, -0.2) is 96.1 Å². The van der Waals surface area contributed by atoms with Crippen LogP contribution in [0.3, 0.4) is 0 Å². The molecule has 2 saturated heterocycles. The van der Waals surface area contributed by atoms with Crippen LogP contribution < -0.4 is 21.3 Å². The third-order valence-corrected chi connectivity index (χ3v) is 13.6. The van der Waals surface area contributed by atoms with Crippen LogP contribution in [0.5, 0.6) is 0 Å². The van der Waals surface area contributed by atoms with Crippen LogP contribution in [0.1, 0.15) is 91.2 Å². The number of hydrogen-bond acceptors (Lipinski definition) is 8. The van der Waals surface area contributed by atoms with Crippen molar-refractivity contribution in [2.24, 2.45) is 0 Å². The molecule has 4 rings (SSSR count). The topological polar surface area (TPSA) is 54.6 Å². The first-order valence-electron chi connectivity index (χ1n) is 19.0. The van der Waals surface area contributed by atoms with Gasteiger partial charge in [0.2, 0.25) is 0 Å². The first kappa shape index (κ1) is 39.7. The maximum atomic E-state index is 4.11. The molecule has 8 heteroatoms. The molecule has 48 heavy (non-hydrogen) atoms. The molecule has 2 aliphatic rings. The Labute approximate surface area is 303 Å². The Morgan fingerprint density at radius 3 is 1.38 bits per heavy atom. The number of benzene rings is 2. The van der Waals surface area contributed by atoms with Crippen molar-refractivity contribution < 1.29 is 0 Å². The molecule has 2 aromatic carbocycles. The Hall–Kier alpha value is -1.10. The molecule has 4 atom stereocenters. The molecule has 0 aromatic heterocycles. The molecule has 0 aliphatic carbocycles. The highest BCUT2D eigenvalue weighted by atomic mass is 32.2. The Balaban J connectivity index is 1.43. The minimum Gasteiger partial charge on any atom is -0.310 e. The molecule has 0 bridgehead atoms. The fraction of sp³-hybridized carbons (Fsp3) is 0.700. The summed E-state index contributed by atoms with van der Waals surface area (Å²) in [5.74, 6) is 2.07. The summed E-state index contributed by atoms with van der Waals surface area (Å²) < 4.78 is 0.154. The standard InChI is InChI=1S/C40H68N6S2/c1-7-45(37-23-15-17-25-43-37)29-35(39(3,4)47-31-33-19-11-9-12-20-33)41-27-28-42-36(30-46(8-2)38-24-16-18-26-44-38)40(5,6)48-32-34-21-13-10-14-22-34/h9-14,19-22,35-38,41-44H,7-8,15-18,23-32H2,1-6H3. The molecule has 2 fully saturated rings. The van der Waals surface area contributed by atoms with E-state index >= 15 is 0 Å². The zero-order valence-electron chi connectivity index (χ0n) is 31.1. The molecule has 4 unspecified atom stereocenters. The van der Waals surface area contributed by atoms with Gasteiger partial charge in [0.1, 0.15) is 0 Å². The number of nitrogens with zero attached hydrogens (tertiary/aromatic N) is 2. The van der Waals surface area contributed by atoms with Crippen LogP contribution in [0, 0.1) is 0 Å². The van der Waals surface area contributed by atoms with Gasteiger partial charge >= 0.3 is 0 Å². The maximum Gasteiger partial charge on any atom is 0.0597 e. The summed E-state index contributed by atoms with van der Waals surface area (Å²) in [5.41, 5.74) is 2.81. The van der Waals surface area contributed by atoms with Crippen LogP contribution in [-0.2, 0) is 11.5 Å². The molecule has 0 amide bonds. The molecule has 2 aliphatic heterocycles. The predicted molar refractivity (Wildman–Crippen MR) is 213 cm³/mol. The second-order valence-electron chi connectivity index (χ2n) is 14.9. The van der Waals surface area contributed by atoms with Gasteiger partial charge in [0, 0.05) is 59.3 Å². The summed E-state index contributed by atoms with van der Waals surface area (Å²) in [6.07, 6.45) is 8.73. The second kappa shape index (κ2) is 20.7. The third kappa shape index (κ3) is 12.9. The number of nitrogens with one attached hydrogen (secondary N) is 4. The highest BCUT2D eigenvalue weighted by molar-refractivity contribution is 8.00. The molecular weight excluding hydrogens is 629 g/mol. The number of piperidine rings is 2. The Morgan fingerprint density at radius 1 is 0.646 bits per heavy atom. The van der Waals surface area contributed by atoms with E-state index < -0.39 is 0 Å². The predicted octanol–water partition coefficient (Wildman–Crippen LogP) is 7.17. The van der Waals surface area contributed by atoms with Gasteiger partial charge in [-0.2, -0.15) is 0 Å². The van der Waals surface area contributed by atoms with Crippen LogP contribution in [0.15, 0.2) is 60.7 Å². The zero-order valence-corrected chi connectivity index (χ0v) is 32.7. The lowest BCUT2D eigenvalue weighted by Gasteiger charge is -2.43. The summed E-state index contributed by atoms with van der Waals surface area (Å²) in [6.45, 7) is 22.9. The van der Waals surface area contributed by atoms with E-state index in [1.165, 1.54) is 49.7 Å². The van der Waals surface area contributed by atoms with Gasteiger partial charge in [0.05, 0.1) is 12.3 Å². The third-order valence-electron chi connectivity index (χ3n) is 10.6. The van der Waals surface area contributed by atoms with Crippen LogP contribution >= 0.6 is 23.5 Å². The summed E-state index contributed by atoms with van der Waals surface area (Å²) in [4.78, 5) is 5.38. The number of likely N-dealkylation sites (N-methyl/N-ethyl adjacent to an activating group) is 2. The Bertz CT molecular complexity index is 1030. The van der Waals surface area contributed by atoms with Crippen molar-refractivity contribution in [3.8, 4) is 0 Å². The highest BCUT2D eigenvalue weighted by Crippen LogP contribution is 2.34. The molecule has 2 heterocycles. The van der Waals surface area contributed by atoms with Gasteiger partial charge in [-0.05, 0) is 104 Å². The minimum atomic E-state index is 0.0772. The van der Waals surface area contributed by atoms with Crippen molar-refractivity contribution in [2.75, 3.05) is 52.4 Å². The van der Waals surface area contributed by atoms with Gasteiger partial charge in [-0.1, -0.05) is 74.5 Å². The lowest BCUT2D eigenvalue weighted by molar-refractivity contribution is 0.121. The first-order chi connectivity index (χ1) is 23.2. The highest BCUT2D eigenvalue weighted by Gasteiger charge is 2.35. The van der Waals surface area contributed by atoms with E-state index in [9.17, 15) is 0 Å². The fourth-order valence-electron chi connectivity index (χ4n) is 7.15. The fourth-order valence-corrected chi connectivity index (χ4v) is 9.33. The van der Waals surface area contributed by atoms with Gasteiger partial charge in [-0.25, -0.2) is 0 Å². The van der Waals surface area contributed by atoms with Gasteiger partial charge in [-0.15, -0.1) is 23.5 Å². The summed E-state index contributed by atoms with van der Waals surface area (Å²) >= 11 is 4.18. The van der Waals surface area contributed by atoms with E-state index in [0.717, 1.165) is 63.9 Å². The van der Waals surface area contributed by atoms with Crippen molar-refractivity contribution >= 4 is 23.5 Å². The Kier molecular flexibility index (Phi) is 17.1. The smallest absolute Gasteiger partial charge is 0.0597 e. The lowest BCUT2D eigenvalue weighted by atomic mass is 10.00. The summed E-state index contributed by atoms with van der Waals surface area (Å²) in [6, 6.07) is 22.7. The molecule has 0 spiro atoms. The van der Waals surface area contributed by atoms with Crippen LogP contribution in [0.25, 0.3) is 0 Å². The van der Waals surface area contributed by atoms with Crippen LogP contribution in [0.4, 0.5) is 0 Å². The van der Waals surface area contributed by atoms with Crippen molar-refractivity contribution in [1.82, 2.24) is 31.1 Å². The lowest BCUT2D eigenvalue weighted by Crippen LogP contribution is -2.59. The van der Waals surface area contributed by atoms with Gasteiger partial charge in [0.15, 0.2) is 0 Å². The quantitative estimate of drug-likeness (QED) is 0.103. The molecule has 6 nitrogen and oxygen atoms in total. The molecule has 0 saturated carbocycles. The SMILES string of the molecule is CCN(CC(NCCNC(CN(CC)C1CCCCN1)C(C)(C)SCc1ccccc1)C(C)(C)SCc1ccccc1)C1CCCCN1. The van der Waals surface area contributed by atoms with Gasteiger partial charge in [-0.3, -0.25) is 9.80 Å². The van der Waals surface area contributed by atoms with Crippen molar-refractivity contribution in [3.63, 3.8) is 0 Å². The normalized spacial score (nSPS) is 20.7. The van der Waals surface area contributed by atoms with Crippen LogP contribution in [0.2, 0.25) is 0 Å². The van der Waals surface area contributed by atoms with Gasteiger partial charge in [0.25, 0.3) is 0 Å². The van der Waals surface area contributed by atoms with Crippen molar-refractivity contribution in [2.45, 2.75) is 125 Å². The molecule has 270 valence electrons. The first-order valence-corrected chi connectivity index (χ1v) is 21.0. The Morgan fingerprint density at radius 2 is 1.04 bits per heavy atom. The average molecular weight is 697 g/mol. The number of hydrogen-bond donors (Lipinski definition) is 4. The maximum absolute atomic E-state index is 4.11. The van der Waals surface area contributed by atoms with Crippen molar-refractivity contribution in [3.05, 3.63) is 71.8 Å². The molecule has 0 radical (unpaired) electrons. The van der Waals surface area contributed by atoms with Crippen molar-refractivity contribution in [1.29, 1.82) is 0 Å². The number of rotatable bonds is 21. The van der Waals surface area contributed by atoms with E-state index in [-0.39, 0.29) is 9.49 Å². The second-order valence-corrected chi connectivity index (χ2v) is 18.1. The average Bonchev–Trinajstić information content (AvgIpc) is 3.12. The van der Waals surface area contributed by atoms with E-state index in [2.05, 4.69) is 157 Å². The largest absolute Gasteiger partial charge is 0.310 e. The van der Waals surface area contributed by atoms with E-state index in [1.807, 2.05) is 0 Å². The summed E-state index contributed by atoms with van der Waals surface area (Å²) in [7, 11) is 0. The van der Waals surface area contributed by atoms with E-state index in [4.69, 9.17) is 0 Å². The van der Waals surface area contributed by atoms with E-state index in [0.29, 0.717) is 24.4 Å². The van der Waals surface area contributed by atoms with Gasteiger partial charge < -0.3 is 21.3 Å². The zero-order chi connectivity index (χ0) is 34.2. The van der Waals surface area contributed by atoms with E-state index in [1.54, 1.807) is 0 Å². The minimum absolute atomic E-state index is 0.0772. The molecule has 2 aromatic rings.